The van der Waals surface area contributed by atoms with Crippen molar-refractivity contribution in [3.63, 3.8) is 0 Å². The number of nitrogens with one attached hydrogen (secondary N) is 1. The van der Waals surface area contributed by atoms with Gasteiger partial charge >= 0.3 is 0 Å². The van der Waals surface area contributed by atoms with Crippen LogP contribution in [0.25, 0.3) is 22.4 Å². The highest BCUT2D eigenvalue weighted by Crippen LogP contribution is 2.30. The normalized spacial score (nSPS) is 10.9. The molecule has 0 unspecified atom stereocenters. The molecule has 0 spiro atoms. The summed E-state index contributed by atoms with van der Waals surface area (Å²) in [7, 11) is 0. The van der Waals surface area contributed by atoms with Gasteiger partial charge in [0.2, 0.25) is 0 Å². The lowest BCUT2D eigenvalue weighted by atomic mass is 10.2. The van der Waals surface area contributed by atoms with Crippen LogP contribution < -0.4 is 4.74 Å². The molecule has 4 rings (SSSR count). The van der Waals surface area contributed by atoms with E-state index in [2.05, 4.69) is 9.97 Å². The Morgan fingerprint density at radius 1 is 0.792 bits per heavy atom. The minimum atomic E-state index is 0.533. The Hall–Kier alpha value is -2.49. The minimum Gasteiger partial charge on any atom is -0.457 e. The van der Waals surface area contributed by atoms with Crippen molar-refractivity contribution in [2.45, 2.75) is 0 Å². The first-order valence-electron chi connectivity index (χ1n) is 7.36. The number of para-hydroxylation sites is 2. The van der Waals surface area contributed by atoms with Gasteiger partial charge < -0.3 is 9.72 Å². The van der Waals surface area contributed by atoms with E-state index in [1.54, 1.807) is 18.2 Å². The third-order valence-corrected chi connectivity index (χ3v) is 4.01. The molecule has 3 nitrogen and oxygen atoms in total. The Morgan fingerprint density at radius 2 is 1.58 bits per heavy atom. The lowest BCUT2D eigenvalue weighted by molar-refractivity contribution is 0.483. The fourth-order valence-electron chi connectivity index (χ4n) is 2.52. The molecule has 24 heavy (non-hydrogen) atoms. The summed E-state index contributed by atoms with van der Waals surface area (Å²) >= 11 is 12.0. The standard InChI is InChI=1S/C19H12Cl2N2O/c20-13-9-14(21)11-16(10-13)24-15-5-3-4-12(8-15)19-22-17-6-1-2-7-18(17)23-19/h1-11H,(H,22,23). The van der Waals surface area contributed by atoms with Crippen molar-refractivity contribution >= 4 is 34.2 Å². The molecular formula is C19H12Cl2N2O. The largest absolute Gasteiger partial charge is 0.457 e. The molecule has 0 amide bonds. The van der Waals surface area contributed by atoms with E-state index < -0.39 is 0 Å². The van der Waals surface area contributed by atoms with Crippen molar-refractivity contribution < 1.29 is 4.74 Å². The number of halogens is 2. The summed E-state index contributed by atoms with van der Waals surface area (Å²) in [6.07, 6.45) is 0. The maximum atomic E-state index is 6.01. The van der Waals surface area contributed by atoms with Gasteiger partial charge in [-0.3, -0.25) is 0 Å². The van der Waals surface area contributed by atoms with Crippen molar-refractivity contribution in [1.82, 2.24) is 9.97 Å². The van der Waals surface area contributed by atoms with Gasteiger partial charge in [-0.25, -0.2) is 4.98 Å². The van der Waals surface area contributed by atoms with Crippen LogP contribution in [0.5, 0.6) is 11.5 Å². The van der Waals surface area contributed by atoms with Crippen LogP contribution in [0.3, 0.4) is 0 Å². The van der Waals surface area contributed by atoms with E-state index in [1.807, 2.05) is 48.5 Å². The molecule has 0 aliphatic rings. The number of aromatic amines is 1. The fraction of sp³-hybridized carbons (Fsp3) is 0. The molecule has 1 N–H and O–H groups in total. The minimum absolute atomic E-state index is 0.533. The maximum Gasteiger partial charge on any atom is 0.138 e. The van der Waals surface area contributed by atoms with Crippen LogP contribution >= 0.6 is 23.2 Å². The molecule has 4 aromatic rings. The number of nitrogens with zero attached hydrogens (tertiary/aromatic N) is 1. The third-order valence-electron chi connectivity index (χ3n) is 3.57. The quantitative estimate of drug-likeness (QED) is 0.466. The zero-order chi connectivity index (χ0) is 16.5. The number of hydrogen-bond acceptors (Lipinski definition) is 2. The van der Waals surface area contributed by atoms with Crippen molar-refractivity contribution in [2.75, 3.05) is 0 Å². The molecule has 0 aliphatic heterocycles. The Morgan fingerprint density at radius 3 is 2.38 bits per heavy atom. The van der Waals surface area contributed by atoms with Crippen LogP contribution in [0.1, 0.15) is 0 Å². The zero-order valence-electron chi connectivity index (χ0n) is 12.5. The molecule has 118 valence electrons. The molecule has 0 atom stereocenters. The highest BCUT2D eigenvalue weighted by atomic mass is 35.5. The highest BCUT2D eigenvalue weighted by Gasteiger charge is 2.07. The molecule has 1 aromatic heterocycles. The van der Waals surface area contributed by atoms with Crippen LogP contribution in [-0.4, -0.2) is 9.97 Å². The van der Waals surface area contributed by atoms with Gasteiger partial charge in [0.1, 0.15) is 17.3 Å². The number of H-pyrrole nitrogens is 1. The molecular weight excluding hydrogens is 343 g/mol. The number of imidazole rings is 1. The molecule has 5 heteroatoms. The van der Waals surface area contributed by atoms with Gasteiger partial charge in [-0.05, 0) is 42.5 Å². The zero-order valence-corrected chi connectivity index (χ0v) is 14.0. The lowest BCUT2D eigenvalue weighted by Gasteiger charge is -2.08. The number of hydrogen-bond donors (Lipinski definition) is 1. The van der Waals surface area contributed by atoms with Gasteiger partial charge in [0.25, 0.3) is 0 Å². The number of benzene rings is 3. The monoisotopic (exact) mass is 354 g/mol. The molecule has 0 aliphatic carbocycles. The van der Waals surface area contributed by atoms with Gasteiger partial charge in [0, 0.05) is 15.6 Å². The number of aromatic nitrogens is 2. The fourth-order valence-corrected chi connectivity index (χ4v) is 3.03. The second-order valence-electron chi connectivity index (χ2n) is 5.34. The summed E-state index contributed by atoms with van der Waals surface area (Å²) in [5.74, 6) is 2.08. The smallest absolute Gasteiger partial charge is 0.138 e. The third kappa shape index (κ3) is 3.09. The van der Waals surface area contributed by atoms with Crippen LogP contribution in [0, 0.1) is 0 Å². The van der Waals surface area contributed by atoms with Crippen LogP contribution in [-0.2, 0) is 0 Å². The van der Waals surface area contributed by atoms with Crippen molar-refractivity contribution in [2.24, 2.45) is 0 Å². The van der Waals surface area contributed by atoms with E-state index in [1.165, 1.54) is 0 Å². The van der Waals surface area contributed by atoms with E-state index in [4.69, 9.17) is 27.9 Å². The van der Waals surface area contributed by atoms with E-state index >= 15 is 0 Å². The van der Waals surface area contributed by atoms with Crippen molar-refractivity contribution in [3.05, 3.63) is 76.8 Å². The second kappa shape index (κ2) is 6.19. The Kier molecular flexibility index (Phi) is 3.89. The average molecular weight is 355 g/mol. The summed E-state index contributed by atoms with van der Waals surface area (Å²) in [5.41, 5.74) is 2.87. The number of rotatable bonds is 3. The summed E-state index contributed by atoms with van der Waals surface area (Å²) in [6.45, 7) is 0. The van der Waals surface area contributed by atoms with Crippen molar-refractivity contribution in [3.8, 4) is 22.9 Å². The first-order chi connectivity index (χ1) is 11.7. The molecule has 0 saturated heterocycles. The van der Waals surface area contributed by atoms with Gasteiger partial charge in [-0.1, -0.05) is 47.5 Å². The summed E-state index contributed by atoms with van der Waals surface area (Å²) in [4.78, 5) is 7.92. The molecule has 3 aromatic carbocycles. The number of fused-ring (bicyclic) bond motifs is 1. The Balaban J connectivity index is 1.68. The van der Waals surface area contributed by atoms with Crippen LogP contribution in [0.4, 0.5) is 0 Å². The van der Waals surface area contributed by atoms with Gasteiger partial charge in [-0.2, -0.15) is 0 Å². The maximum absolute atomic E-state index is 6.01. The predicted molar refractivity (Wildman–Crippen MR) is 98.1 cm³/mol. The highest BCUT2D eigenvalue weighted by molar-refractivity contribution is 6.34. The number of ether oxygens (including phenoxy) is 1. The molecule has 0 radical (unpaired) electrons. The topological polar surface area (TPSA) is 37.9 Å². The molecule has 1 heterocycles. The molecule has 0 saturated carbocycles. The SMILES string of the molecule is Clc1cc(Cl)cc(Oc2cccc(-c3nc4ccccc4[nH]3)c2)c1. The lowest BCUT2D eigenvalue weighted by Crippen LogP contribution is -1.86. The average Bonchev–Trinajstić information content (AvgIpc) is 2.98. The second-order valence-corrected chi connectivity index (χ2v) is 6.21. The van der Waals surface area contributed by atoms with E-state index in [0.717, 1.165) is 22.4 Å². The van der Waals surface area contributed by atoms with Gasteiger partial charge in [-0.15, -0.1) is 0 Å². The van der Waals surface area contributed by atoms with E-state index in [-0.39, 0.29) is 0 Å². The van der Waals surface area contributed by atoms with Gasteiger partial charge in [0.05, 0.1) is 11.0 Å². The van der Waals surface area contributed by atoms with Gasteiger partial charge in [0.15, 0.2) is 0 Å². The summed E-state index contributed by atoms with van der Waals surface area (Å²) < 4.78 is 5.87. The van der Waals surface area contributed by atoms with E-state index in [0.29, 0.717) is 21.5 Å². The summed E-state index contributed by atoms with van der Waals surface area (Å²) in [6, 6.07) is 20.7. The van der Waals surface area contributed by atoms with Crippen LogP contribution in [0.2, 0.25) is 10.0 Å². The first-order valence-corrected chi connectivity index (χ1v) is 8.12. The predicted octanol–water partition coefficient (Wildman–Crippen LogP) is 6.33. The molecule has 0 bridgehead atoms. The summed E-state index contributed by atoms with van der Waals surface area (Å²) in [5, 5.41) is 1.07. The van der Waals surface area contributed by atoms with E-state index in [9.17, 15) is 0 Å². The van der Waals surface area contributed by atoms with Crippen molar-refractivity contribution in [1.29, 1.82) is 0 Å². The Labute approximate surface area is 148 Å². The van der Waals surface area contributed by atoms with Crippen LogP contribution in [0.15, 0.2) is 66.7 Å². The molecule has 0 fully saturated rings. The Bertz CT molecular complexity index is 973. The first kappa shape index (κ1) is 15.1.